The SMILES string of the molecule is OB(O)c1cccc2c3c(oc12)C(c1ccc2c(c1)c1cc(-c4ccccc4)ccc1n2-c1ccccc1)=CCC=C3. The molecule has 8 rings (SSSR count). The molecule has 2 heterocycles. The Kier molecular flexibility index (Phi) is 5.74. The van der Waals surface area contributed by atoms with Crippen LogP contribution in [0.4, 0.5) is 0 Å². The Bertz CT molecular complexity index is 2190. The zero-order chi connectivity index (χ0) is 28.2. The number of hydrogen-bond donors (Lipinski definition) is 2. The van der Waals surface area contributed by atoms with E-state index in [1.165, 1.54) is 16.5 Å². The lowest BCUT2D eigenvalue weighted by Crippen LogP contribution is -2.30. The first kappa shape index (κ1) is 24.7. The average molecular weight is 543 g/mol. The van der Waals surface area contributed by atoms with Gasteiger partial charge in [0.05, 0.1) is 11.0 Å². The number of hydrogen-bond acceptors (Lipinski definition) is 3. The minimum atomic E-state index is -1.61. The van der Waals surface area contributed by atoms with Crippen molar-refractivity contribution in [3.8, 4) is 16.8 Å². The summed E-state index contributed by atoms with van der Waals surface area (Å²) in [6.45, 7) is 0. The van der Waals surface area contributed by atoms with Gasteiger partial charge >= 0.3 is 7.12 Å². The molecule has 4 nitrogen and oxygen atoms in total. The van der Waals surface area contributed by atoms with E-state index >= 15 is 0 Å². The van der Waals surface area contributed by atoms with Gasteiger partial charge in [-0.3, -0.25) is 0 Å². The number of aromatic nitrogens is 1. The maximum Gasteiger partial charge on any atom is 0.492 e. The van der Waals surface area contributed by atoms with Gasteiger partial charge in [0.15, 0.2) is 0 Å². The molecule has 0 bridgehead atoms. The Balaban J connectivity index is 1.38. The molecule has 0 unspecified atom stereocenters. The molecule has 7 aromatic rings. The number of para-hydroxylation sites is 2. The van der Waals surface area contributed by atoms with Gasteiger partial charge in [-0.2, -0.15) is 0 Å². The van der Waals surface area contributed by atoms with E-state index in [0.717, 1.165) is 56.4 Å². The maximum absolute atomic E-state index is 10.0. The lowest BCUT2D eigenvalue weighted by molar-refractivity contribution is 0.425. The summed E-state index contributed by atoms with van der Waals surface area (Å²) in [5, 5.41) is 23.2. The second kappa shape index (κ2) is 9.77. The van der Waals surface area contributed by atoms with E-state index in [-0.39, 0.29) is 0 Å². The molecule has 2 N–H and O–H groups in total. The number of allylic oxidation sites excluding steroid dienone is 2. The van der Waals surface area contributed by atoms with Crippen molar-refractivity contribution in [3.05, 3.63) is 144 Å². The van der Waals surface area contributed by atoms with Crippen LogP contribution in [-0.2, 0) is 0 Å². The van der Waals surface area contributed by atoms with E-state index in [2.05, 4.69) is 108 Å². The highest BCUT2D eigenvalue weighted by Gasteiger charge is 2.24. The van der Waals surface area contributed by atoms with Crippen LogP contribution >= 0.6 is 0 Å². The van der Waals surface area contributed by atoms with E-state index in [1.807, 2.05) is 24.3 Å². The van der Waals surface area contributed by atoms with Crippen molar-refractivity contribution in [2.24, 2.45) is 0 Å². The fraction of sp³-hybridized carbons (Fsp3) is 0.0270. The van der Waals surface area contributed by atoms with Gasteiger partial charge in [0, 0.05) is 38.4 Å². The summed E-state index contributed by atoms with van der Waals surface area (Å²) in [6.07, 6.45) is 7.15. The van der Waals surface area contributed by atoms with Crippen molar-refractivity contribution in [3.63, 3.8) is 0 Å². The monoisotopic (exact) mass is 543 g/mol. The number of rotatable bonds is 4. The van der Waals surface area contributed by atoms with Gasteiger partial charge in [-0.15, -0.1) is 0 Å². The Morgan fingerprint density at radius 3 is 2.07 bits per heavy atom. The summed E-state index contributed by atoms with van der Waals surface area (Å²) in [5.74, 6) is 0.739. The molecule has 0 saturated carbocycles. The zero-order valence-electron chi connectivity index (χ0n) is 22.7. The summed E-state index contributed by atoms with van der Waals surface area (Å²) < 4.78 is 8.76. The van der Waals surface area contributed by atoms with Gasteiger partial charge < -0.3 is 19.0 Å². The molecule has 0 spiro atoms. The Hall–Kier alpha value is -5.10. The molecule has 42 heavy (non-hydrogen) atoms. The third-order valence-electron chi connectivity index (χ3n) is 8.25. The van der Waals surface area contributed by atoms with Crippen LogP contribution in [0, 0.1) is 0 Å². The van der Waals surface area contributed by atoms with Crippen LogP contribution in [0.1, 0.15) is 23.3 Å². The standard InChI is InChI=1S/C37H26BNO3/c40-38(41)33-17-9-16-30-29-15-8-7-14-28(36(29)42-37(30)33)26-19-21-35-32(23-26)31-22-25(24-10-3-1-4-11-24)18-20-34(31)39(35)27-12-5-2-6-13-27/h1-6,8-23,40-41H,7H2. The molecule has 0 fully saturated rings. The Labute approximate surface area is 243 Å². The van der Waals surface area contributed by atoms with Crippen molar-refractivity contribution in [2.45, 2.75) is 6.42 Å². The average Bonchev–Trinajstić information content (AvgIpc) is 3.48. The first-order valence-electron chi connectivity index (χ1n) is 14.2. The van der Waals surface area contributed by atoms with Gasteiger partial charge in [0.2, 0.25) is 0 Å². The van der Waals surface area contributed by atoms with Crippen molar-refractivity contribution in [2.75, 3.05) is 0 Å². The largest absolute Gasteiger partial charge is 0.492 e. The van der Waals surface area contributed by atoms with E-state index < -0.39 is 7.12 Å². The van der Waals surface area contributed by atoms with Crippen molar-refractivity contribution < 1.29 is 14.5 Å². The lowest BCUT2D eigenvalue weighted by Gasteiger charge is -2.09. The van der Waals surface area contributed by atoms with Gasteiger partial charge in [-0.05, 0) is 59.5 Å². The molecular formula is C37H26BNO3. The number of benzene rings is 5. The first-order valence-corrected chi connectivity index (χ1v) is 14.2. The van der Waals surface area contributed by atoms with E-state index in [1.54, 1.807) is 6.07 Å². The minimum Gasteiger partial charge on any atom is -0.456 e. The molecule has 5 aromatic carbocycles. The first-order chi connectivity index (χ1) is 20.7. The minimum absolute atomic E-state index is 0.364. The second-order valence-electron chi connectivity index (χ2n) is 10.7. The highest BCUT2D eigenvalue weighted by molar-refractivity contribution is 6.61. The maximum atomic E-state index is 10.0. The molecule has 200 valence electrons. The van der Waals surface area contributed by atoms with E-state index in [0.29, 0.717) is 11.0 Å². The van der Waals surface area contributed by atoms with Gasteiger partial charge in [0.1, 0.15) is 11.3 Å². The smallest absolute Gasteiger partial charge is 0.456 e. The predicted molar refractivity (Wildman–Crippen MR) is 173 cm³/mol. The third-order valence-corrected chi connectivity index (χ3v) is 8.25. The summed E-state index contributed by atoms with van der Waals surface area (Å²) in [7, 11) is -1.61. The van der Waals surface area contributed by atoms with Crippen LogP contribution < -0.4 is 5.46 Å². The van der Waals surface area contributed by atoms with Crippen LogP contribution in [0.5, 0.6) is 0 Å². The third kappa shape index (κ3) is 3.86. The van der Waals surface area contributed by atoms with Crippen molar-refractivity contribution in [1.82, 2.24) is 4.57 Å². The molecule has 0 saturated heterocycles. The van der Waals surface area contributed by atoms with E-state index in [9.17, 15) is 10.0 Å². The van der Waals surface area contributed by atoms with Crippen molar-refractivity contribution in [1.29, 1.82) is 0 Å². The highest BCUT2D eigenvalue weighted by Crippen LogP contribution is 2.40. The fourth-order valence-electron chi connectivity index (χ4n) is 6.30. The van der Waals surface area contributed by atoms with Crippen LogP contribution in [-0.4, -0.2) is 21.7 Å². The molecule has 0 atom stereocenters. The van der Waals surface area contributed by atoms with Gasteiger partial charge in [-0.1, -0.05) is 97.1 Å². The Morgan fingerprint density at radius 2 is 1.33 bits per heavy atom. The molecule has 0 radical (unpaired) electrons. The van der Waals surface area contributed by atoms with Crippen LogP contribution in [0.3, 0.4) is 0 Å². The predicted octanol–water partition coefficient (Wildman–Crippen LogP) is 7.73. The molecule has 2 aromatic heterocycles. The number of furan rings is 1. The van der Waals surface area contributed by atoms with E-state index in [4.69, 9.17) is 4.42 Å². The topological polar surface area (TPSA) is 58.5 Å². The molecule has 0 aliphatic heterocycles. The summed E-state index contributed by atoms with van der Waals surface area (Å²) in [4.78, 5) is 0. The fourth-order valence-corrected chi connectivity index (χ4v) is 6.30. The molecular weight excluding hydrogens is 517 g/mol. The Morgan fingerprint density at radius 1 is 0.643 bits per heavy atom. The number of fused-ring (bicyclic) bond motifs is 6. The highest BCUT2D eigenvalue weighted by atomic mass is 16.4. The van der Waals surface area contributed by atoms with Gasteiger partial charge in [0.25, 0.3) is 0 Å². The lowest BCUT2D eigenvalue weighted by atomic mass is 9.79. The summed E-state index contributed by atoms with van der Waals surface area (Å²) in [5.41, 5.74) is 9.62. The summed E-state index contributed by atoms with van der Waals surface area (Å²) >= 11 is 0. The second-order valence-corrected chi connectivity index (χ2v) is 10.7. The molecule has 1 aliphatic rings. The van der Waals surface area contributed by atoms with Gasteiger partial charge in [-0.25, -0.2) is 0 Å². The molecule has 5 heteroatoms. The zero-order valence-corrected chi connectivity index (χ0v) is 22.7. The molecule has 1 aliphatic carbocycles. The van der Waals surface area contributed by atoms with Crippen LogP contribution in [0.15, 0.2) is 132 Å². The molecule has 0 amide bonds. The summed E-state index contributed by atoms with van der Waals surface area (Å²) in [6, 6.07) is 39.8. The number of nitrogens with zero attached hydrogens (tertiary/aromatic N) is 1. The van der Waals surface area contributed by atoms with Crippen molar-refractivity contribution >= 4 is 57.0 Å². The normalized spacial score (nSPS) is 13.0. The quantitative estimate of drug-likeness (QED) is 0.224. The van der Waals surface area contributed by atoms with Crippen LogP contribution in [0.25, 0.3) is 61.2 Å². The van der Waals surface area contributed by atoms with Crippen LogP contribution in [0.2, 0.25) is 0 Å².